The number of fused-ring (bicyclic) bond motifs is 1. The van der Waals surface area contributed by atoms with Gasteiger partial charge < -0.3 is 15.2 Å². The molecule has 0 aromatic heterocycles. The van der Waals surface area contributed by atoms with Crippen LogP contribution < -0.4 is 10.1 Å². The lowest BCUT2D eigenvalue weighted by molar-refractivity contribution is -0.118. The number of aliphatic hydroxyl groups excluding tert-OH is 1. The van der Waals surface area contributed by atoms with E-state index in [-0.39, 0.29) is 12.5 Å². The monoisotopic (exact) mass is 347 g/mol. The van der Waals surface area contributed by atoms with Crippen LogP contribution in [0.15, 0.2) is 40.9 Å². The molecule has 0 bridgehead atoms. The molecule has 0 saturated heterocycles. The third kappa shape index (κ3) is 2.80. The standard InChI is InChI=1S/C16H14BrNO3/c1-9-2-4-11(12(17)6-9)16(20)10-3-5-14-13(7-10)18-15(19)8-21-14/h2-7,16,20H,8H2,1H3,(H,18,19). The fraction of sp³-hybridized carbons (Fsp3) is 0.188. The topological polar surface area (TPSA) is 58.6 Å². The number of hydrogen-bond donors (Lipinski definition) is 2. The number of benzene rings is 2. The first-order valence-corrected chi connectivity index (χ1v) is 7.34. The van der Waals surface area contributed by atoms with Gasteiger partial charge >= 0.3 is 0 Å². The van der Waals surface area contributed by atoms with Crippen molar-refractivity contribution in [3.8, 4) is 5.75 Å². The third-order valence-corrected chi connectivity index (χ3v) is 4.09. The Morgan fingerprint density at radius 1 is 1.29 bits per heavy atom. The number of aryl methyl sites for hydroxylation is 1. The van der Waals surface area contributed by atoms with E-state index >= 15 is 0 Å². The van der Waals surface area contributed by atoms with E-state index in [9.17, 15) is 9.90 Å². The molecule has 2 aromatic rings. The summed E-state index contributed by atoms with van der Waals surface area (Å²) < 4.78 is 6.17. The maximum atomic E-state index is 11.4. The second-order valence-corrected chi connectivity index (χ2v) is 5.87. The second-order valence-electron chi connectivity index (χ2n) is 5.02. The maximum absolute atomic E-state index is 11.4. The molecule has 1 atom stereocenters. The van der Waals surface area contributed by atoms with Crippen LogP contribution in [0, 0.1) is 6.92 Å². The van der Waals surface area contributed by atoms with Crippen LogP contribution in [-0.2, 0) is 4.79 Å². The zero-order valence-electron chi connectivity index (χ0n) is 11.4. The molecular formula is C16H14BrNO3. The smallest absolute Gasteiger partial charge is 0.262 e. The fourth-order valence-corrected chi connectivity index (χ4v) is 3.01. The molecular weight excluding hydrogens is 334 g/mol. The Bertz CT molecular complexity index is 715. The molecule has 1 unspecified atom stereocenters. The van der Waals surface area contributed by atoms with E-state index in [0.717, 1.165) is 15.6 Å². The molecule has 2 aromatic carbocycles. The highest BCUT2D eigenvalue weighted by molar-refractivity contribution is 9.10. The van der Waals surface area contributed by atoms with Crippen molar-refractivity contribution in [2.45, 2.75) is 13.0 Å². The number of ether oxygens (including phenoxy) is 1. The summed E-state index contributed by atoms with van der Waals surface area (Å²) in [5, 5.41) is 13.3. The Hall–Kier alpha value is -1.85. The van der Waals surface area contributed by atoms with Gasteiger partial charge in [-0.25, -0.2) is 0 Å². The lowest BCUT2D eigenvalue weighted by atomic mass is 9.99. The molecule has 21 heavy (non-hydrogen) atoms. The molecule has 5 heteroatoms. The Balaban J connectivity index is 1.96. The quantitative estimate of drug-likeness (QED) is 0.877. The van der Waals surface area contributed by atoms with Gasteiger partial charge in [-0.05, 0) is 41.8 Å². The Morgan fingerprint density at radius 3 is 2.86 bits per heavy atom. The molecule has 3 rings (SSSR count). The van der Waals surface area contributed by atoms with Gasteiger partial charge in [-0.3, -0.25) is 4.79 Å². The van der Waals surface area contributed by atoms with Crippen molar-refractivity contribution in [2.75, 3.05) is 11.9 Å². The minimum Gasteiger partial charge on any atom is -0.482 e. The van der Waals surface area contributed by atoms with Gasteiger partial charge in [-0.15, -0.1) is 0 Å². The van der Waals surface area contributed by atoms with Crippen LogP contribution in [0.2, 0.25) is 0 Å². The fourth-order valence-electron chi connectivity index (χ4n) is 2.30. The molecule has 0 fully saturated rings. The highest BCUT2D eigenvalue weighted by Gasteiger charge is 2.19. The molecule has 0 radical (unpaired) electrons. The lowest BCUT2D eigenvalue weighted by Gasteiger charge is -2.20. The number of anilines is 1. The molecule has 1 aliphatic rings. The van der Waals surface area contributed by atoms with Crippen LogP contribution in [0.5, 0.6) is 5.75 Å². The van der Waals surface area contributed by atoms with Crippen molar-refractivity contribution >= 4 is 27.5 Å². The van der Waals surface area contributed by atoms with Gasteiger partial charge in [-0.2, -0.15) is 0 Å². The molecule has 1 heterocycles. The third-order valence-electron chi connectivity index (χ3n) is 3.40. The first-order chi connectivity index (χ1) is 10.0. The maximum Gasteiger partial charge on any atom is 0.262 e. The number of hydrogen-bond acceptors (Lipinski definition) is 3. The van der Waals surface area contributed by atoms with Gasteiger partial charge in [0.2, 0.25) is 0 Å². The summed E-state index contributed by atoms with van der Waals surface area (Å²) in [6.45, 7) is 2.02. The molecule has 0 aliphatic carbocycles. The summed E-state index contributed by atoms with van der Waals surface area (Å²) in [6.07, 6.45) is -0.774. The average molecular weight is 348 g/mol. The molecule has 0 saturated carbocycles. The zero-order valence-corrected chi connectivity index (χ0v) is 13.0. The van der Waals surface area contributed by atoms with Crippen molar-refractivity contribution < 1.29 is 14.6 Å². The summed E-state index contributed by atoms with van der Waals surface area (Å²) in [7, 11) is 0. The largest absolute Gasteiger partial charge is 0.482 e. The van der Waals surface area contributed by atoms with Gasteiger partial charge in [0.15, 0.2) is 6.61 Å². The number of aliphatic hydroxyl groups is 1. The van der Waals surface area contributed by atoms with Crippen LogP contribution >= 0.6 is 15.9 Å². The first-order valence-electron chi connectivity index (χ1n) is 6.55. The Kier molecular flexibility index (Phi) is 3.69. The SMILES string of the molecule is Cc1ccc(C(O)c2ccc3c(c2)NC(=O)CO3)c(Br)c1. The van der Waals surface area contributed by atoms with Gasteiger partial charge in [0, 0.05) is 4.47 Å². The number of carbonyl (C=O) groups is 1. The van der Waals surface area contributed by atoms with E-state index in [4.69, 9.17) is 4.74 Å². The van der Waals surface area contributed by atoms with Crippen molar-refractivity contribution in [3.05, 3.63) is 57.6 Å². The summed E-state index contributed by atoms with van der Waals surface area (Å²) in [5.74, 6) is 0.430. The van der Waals surface area contributed by atoms with Crippen LogP contribution in [0.3, 0.4) is 0 Å². The minimum atomic E-state index is -0.774. The van der Waals surface area contributed by atoms with Crippen molar-refractivity contribution in [2.24, 2.45) is 0 Å². The van der Waals surface area contributed by atoms with Gasteiger partial charge in [-0.1, -0.05) is 34.1 Å². The number of carbonyl (C=O) groups excluding carboxylic acids is 1. The van der Waals surface area contributed by atoms with Crippen LogP contribution in [0.4, 0.5) is 5.69 Å². The molecule has 1 aliphatic heterocycles. The molecule has 108 valence electrons. The Morgan fingerprint density at radius 2 is 2.10 bits per heavy atom. The van der Waals surface area contributed by atoms with E-state index < -0.39 is 6.10 Å². The van der Waals surface area contributed by atoms with Gasteiger partial charge in [0.1, 0.15) is 11.9 Å². The summed E-state index contributed by atoms with van der Waals surface area (Å²) in [6, 6.07) is 11.1. The van der Waals surface area contributed by atoms with Gasteiger partial charge in [0.25, 0.3) is 5.91 Å². The summed E-state index contributed by atoms with van der Waals surface area (Å²) >= 11 is 3.48. The average Bonchev–Trinajstić information content (AvgIpc) is 2.46. The zero-order chi connectivity index (χ0) is 15.0. The number of rotatable bonds is 2. The number of amides is 1. The van der Waals surface area contributed by atoms with E-state index in [2.05, 4.69) is 21.2 Å². The van der Waals surface area contributed by atoms with Crippen molar-refractivity contribution in [1.29, 1.82) is 0 Å². The highest BCUT2D eigenvalue weighted by atomic mass is 79.9. The highest BCUT2D eigenvalue weighted by Crippen LogP contribution is 2.34. The second kappa shape index (κ2) is 5.50. The Labute approximate surface area is 130 Å². The molecule has 1 amide bonds. The first kappa shape index (κ1) is 14.1. The normalized spacial score (nSPS) is 14.9. The van der Waals surface area contributed by atoms with E-state index in [0.29, 0.717) is 17.0 Å². The summed E-state index contributed by atoms with van der Waals surface area (Å²) in [4.78, 5) is 11.4. The summed E-state index contributed by atoms with van der Waals surface area (Å²) in [5.41, 5.74) is 3.18. The van der Waals surface area contributed by atoms with E-state index in [1.165, 1.54) is 0 Å². The molecule has 4 nitrogen and oxygen atoms in total. The van der Waals surface area contributed by atoms with Crippen molar-refractivity contribution in [3.63, 3.8) is 0 Å². The lowest BCUT2D eigenvalue weighted by Crippen LogP contribution is -2.25. The minimum absolute atomic E-state index is 0.0262. The van der Waals surface area contributed by atoms with Gasteiger partial charge in [0.05, 0.1) is 5.69 Å². The number of nitrogens with one attached hydrogen (secondary N) is 1. The van der Waals surface area contributed by atoms with E-state index in [1.807, 2.05) is 25.1 Å². The van der Waals surface area contributed by atoms with Crippen LogP contribution in [0.1, 0.15) is 22.8 Å². The number of halogens is 1. The predicted molar refractivity (Wildman–Crippen MR) is 83.5 cm³/mol. The van der Waals surface area contributed by atoms with Crippen LogP contribution in [-0.4, -0.2) is 17.6 Å². The van der Waals surface area contributed by atoms with Crippen LogP contribution in [0.25, 0.3) is 0 Å². The van der Waals surface area contributed by atoms with E-state index in [1.54, 1.807) is 18.2 Å². The van der Waals surface area contributed by atoms with Crippen molar-refractivity contribution in [1.82, 2.24) is 0 Å². The predicted octanol–water partition coefficient (Wildman–Crippen LogP) is 3.17. The molecule has 0 spiro atoms. The molecule has 2 N–H and O–H groups in total.